The molecule has 2 aromatic rings. The first-order chi connectivity index (χ1) is 8.17. The molecule has 4 heteroatoms. The molecule has 0 unspecified atom stereocenters. The van der Waals surface area contributed by atoms with E-state index >= 15 is 0 Å². The second kappa shape index (κ2) is 5.25. The molecular weight excluding hydrogens is 234 g/mol. The number of hydrogen-bond donors (Lipinski definition) is 1. The second-order valence-corrected chi connectivity index (χ2v) is 4.36. The summed E-state index contributed by atoms with van der Waals surface area (Å²) >= 11 is 5.94. The maximum Gasteiger partial charge on any atom is 0.133 e. The monoisotopic (exact) mass is 247 g/mol. The fourth-order valence-corrected chi connectivity index (χ4v) is 1.93. The van der Waals surface area contributed by atoms with Crippen molar-refractivity contribution in [3.8, 4) is 0 Å². The highest BCUT2D eigenvalue weighted by Crippen LogP contribution is 2.13. The molecular formula is C13H14ClN3. The van der Waals surface area contributed by atoms with Crippen molar-refractivity contribution in [3.63, 3.8) is 0 Å². The van der Waals surface area contributed by atoms with Crippen molar-refractivity contribution in [3.05, 3.63) is 58.1 Å². The molecule has 0 amide bonds. The van der Waals surface area contributed by atoms with Crippen LogP contribution in [0.15, 0.2) is 30.3 Å². The maximum absolute atomic E-state index is 5.94. The van der Waals surface area contributed by atoms with E-state index in [-0.39, 0.29) is 0 Å². The Morgan fingerprint density at radius 3 is 2.76 bits per heavy atom. The van der Waals surface area contributed by atoms with Crippen LogP contribution in [0, 0.1) is 6.92 Å². The lowest BCUT2D eigenvalue weighted by Gasteiger charge is -2.05. The Bertz CT molecular complexity index is 526. The van der Waals surface area contributed by atoms with Crippen LogP contribution in [0.1, 0.15) is 22.8 Å². The molecule has 0 aliphatic rings. The molecule has 0 atom stereocenters. The maximum atomic E-state index is 5.94. The molecule has 2 N–H and O–H groups in total. The van der Waals surface area contributed by atoms with Gasteiger partial charge in [-0.25, -0.2) is 9.97 Å². The molecule has 0 spiro atoms. The molecule has 2 rings (SSSR count). The Labute approximate surface area is 106 Å². The number of benzene rings is 1. The molecule has 3 nitrogen and oxygen atoms in total. The predicted molar refractivity (Wildman–Crippen MR) is 68.9 cm³/mol. The quantitative estimate of drug-likeness (QED) is 0.907. The third-order valence-electron chi connectivity index (χ3n) is 2.41. The van der Waals surface area contributed by atoms with Gasteiger partial charge in [0.25, 0.3) is 0 Å². The van der Waals surface area contributed by atoms with E-state index in [2.05, 4.69) is 9.97 Å². The van der Waals surface area contributed by atoms with Gasteiger partial charge in [0.05, 0.1) is 5.69 Å². The van der Waals surface area contributed by atoms with Crippen LogP contribution in [0.3, 0.4) is 0 Å². The zero-order valence-corrected chi connectivity index (χ0v) is 10.4. The number of hydrogen-bond acceptors (Lipinski definition) is 3. The smallest absolute Gasteiger partial charge is 0.133 e. The molecule has 0 saturated carbocycles. The molecule has 0 saturated heterocycles. The van der Waals surface area contributed by atoms with Gasteiger partial charge < -0.3 is 5.73 Å². The van der Waals surface area contributed by atoms with Crippen molar-refractivity contribution in [2.75, 3.05) is 0 Å². The van der Waals surface area contributed by atoms with Crippen LogP contribution >= 0.6 is 11.6 Å². The van der Waals surface area contributed by atoms with E-state index in [1.807, 2.05) is 37.3 Å². The van der Waals surface area contributed by atoms with Gasteiger partial charge >= 0.3 is 0 Å². The second-order valence-electron chi connectivity index (χ2n) is 3.93. The van der Waals surface area contributed by atoms with Crippen molar-refractivity contribution in [1.29, 1.82) is 0 Å². The number of aromatic nitrogens is 2. The van der Waals surface area contributed by atoms with E-state index in [1.165, 1.54) is 0 Å². The normalized spacial score (nSPS) is 10.5. The van der Waals surface area contributed by atoms with Crippen LogP contribution in [0.4, 0.5) is 0 Å². The summed E-state index contributed by atoms with van der Waals surface area (Å²) < 4.78 is 0. The van der Waals surface area contributed by atoms with Gasteiger partial charge in [0, 0.05) is 23.7 Å². The molecule has 1 heterocycles. The number of nitrogens with two attached hydrogens (primary N) is 1. The van der Waals surface area contributed by atoms with E-state index in [9.17, 15) is 0 Å². The molecule has 0 fully saturated rings. The Hall–Kier alpha value is -1.45. The van der Waals surface area contributed by atoms with Crippen LogP contribution in [0.5, 0.6) is 0 Å². The molecule has 17 heavy (non-hydrogen) atoms. The highest BCUT2D eigenvalue weighted by atomic mass is 35.5. The van der Waals surface area contributed by atoms with Crippen molar-refractivity contribution < 1.29 is 0 Å². The Morgan fingerprint density at radius 2 is 2.06 bits per heavy atom. The van der Waals surface area contributed by atoms with Crippen molar-refractivity contribution in [2.45, 2.75) is 19.9 Å². The summed E-state index contributed by atoms with van der Waals surface area (Å²) in [5.41, 5.74) is 8.51. The first-order valence-electron chi connectivity index (χ1n) is 5.45. The minimum atomic E-state index is 0.436. The zero-order valence-electron chi connectivity index (χ0n) is 9.65. The lowest BCUT2D eigenvalue weighted by Crippen LogP contribution is -2.06. The van der Waals surface area contributed by atoms with Crippen LogP contribution in [0.2, 0.25) is 5.02 Å². The van der Waals surface area contributed by atoms with E-state index in [0.29, 0.717) is 13.0 Å². The minimum Gasteiger partial charge on any atom is -0.325 e. The number of aryl methyl sites for hydroxylation is 1. The van der Waals surface area contributed by atoms with Gasteiger partial charge in [0.15, 0.2) is 0 Å². The summed E-state index contributed by atoms with van der Waals surface area (Å²) in [6.45, 7) is 2.38. The SMILES string of the molecule is Cc1cc(CN)nc(Cc2cccc(Cl)c2)n1. The van der Waals surface area contributed by atoms with Gasteiger partial charge in [0.1, 0.15) is 5.82 Å². The van der Waals surface area contributed by atoms with Crippen LogP contribution in [-0.2, 0) is 13.0 Å². The van der Waals surface area contributed by atoms with Gasteiger partial charge in [-0.15, -0.1) is 0 Å². The summed E-state index contributed by atoms with van der Waals surface area (Å²) in [4.78, 5) is 8.79. The van der Waals surface area contributed by atoms with E-state index in [4.69, 9.17) is 17.3 Å². The number of halogens is 1. The molecule has 0 aliphatic carbocycles. The topological polar surface area (TPSA) is 51.8 Å². The van der Waals surface area contributed by atoms with E-state index < -0.39 is 0 Å². The largest absolute Gasteiger partial charge is 0.325 e. The molecule has 0 aliphatic heterocycles. The summed E-state index contributed by atoms with van der Waals surface area (Å²) in [7, 11) is 0. The minimum absolute atomic E-state index is 0.436. The summed E-state index contributed by atoms with van der Waals surface area (Å²) in [5.74, 6) is 0.785. The summed E-state index contributed by atoms with van der Waals surface area (Å²) in [6.07, 6.45) is 0.676. The van der Waals surface area contributed by atoms with Gasteiger partial charge in [-0.2, -0.15) is 0 Å². The first kappa shape index (κ1) is 12.0. The predicted octanol–water partition coefficient (Wildman–Crippen LogP) is 2.49. The summed E-state index contributed by atoms with van der Waals surface area (Å²) in [5, 5.41) is 0.731. The van der Waals surface area contributed by atoms with Gasteiger partial charge in [0.2, 0.25) is 0 Å². The van der Waals surface area contributed by atoms with E-state index in [0.717, 1.165) is 27.8 Å². The van der Waals surface area contributed by atoms with Crippen molar-refractivity contribution in [2.24, 2.45) is 5.73 Å². The lowest BCUT2D eigenvalue weighted by atomic mass is 10.1. The number of rotatable bonds is 3. The molecule has 88 valence electrons. The fraction of sp³-hybridized carbons (Fsp3) is 0.231. The zero-order chi connectivity index (χ0) is 12.3. The van der Waals surface area contributed by atoms with Crippen molar-refractivity contribution in [1.82, 2.24) is 9.97 Å². The first-order valence-corrected chi connectivity index (χ1v) is 5.83. The fourth-order valence-electron chi connectivity index (χ4n) is 1.71. The number of nitrogens with zero attached hydrogens (tertiary/aromatic N) is 2. The Balaban J connectivity index is 2.26. The van der Waals surface area contributed by atoms with Crippen LogP contribution in [-0.4, -0.2) is 9.97 Å². The highest BCUT2D eigenvalue weighted by Gasteiger charge is 2.03. The van der Waals surface area contributed by atoms with Crippen molar-refractivity contribution >= 4 is 11.6 Å². The molecule has 0 bridgehead atoms. The lowest BCUT2D eigenvalue weighted by molar-refractivity contribution is 0.874. The van der Waals surface area contributed by atoms with Crippen LogP contribution in [0.25, 0.3) is 0 Å². The highest BCUT2D eigenvalue weighted by molar-refractivity contribution is 6.30. The van der Waals surface area contributed by atoms with Crippen LogP contribution < -0.4 is 5.73 Å². The van der Waals surface area contributed by atoms with Gasteiger partial charge in [-0.1, -0.05) is 23.7 Å². The third kappa shape index (κ3) is 3.25. The van der Waals surface area contributed by atoms with E-state index in [1.54, 1.807) is 0 Å². The Kier molecular flexibility index (Phi) is 3.71. The van der Waals surface area contributed by atoms with Gasteiger partial charge in [-0.3, -0.25) is 0 Å². The molecule has 1 aromatic carbocycles. The summed E-state index contributed by atoms with van der Waals surface area (Å²) in [6, 6.07) is 9.63. The standard InChI is InChI=1S/C13H14ClN3/c1-9-5-12(8-15)17-13(16-9)7-10-3-2-4-11(14)6-10/h2-6H,7-8,15H2,1H3. The Morgan fingerprint density at radius 1 is 1.24 bits per heavy atom. The average molecular weight is 248 g/mol. The third-order valence-corrected chi connectivity index (χ3v) is 2.65. The van der Waals surface area contributed by atoms with Gasteiger partial charge in [-0.05, 0) is 30.7 Å². The average Bonchev–Trinajstić information content (AvgIpc) is 2.28. The molecule has 0 radical (unpaired) electrons. The molecule has 1 aromatic heterocycles.